The Morgan fingerprint density at radius 1 is 1.05 bits per heavy atom. The van der Waals surface area contributed by atoms with E-state index in [2.05, 4.69) is 11.8 Å². The van der Waals surface area contributed by atoms with Crippen LogP contribution in [0.3, 0.4) is 0 Å². The van der Waals surface area contributed by atoms with Crippen molar-refractivity contribution in [2.45, 2.75) is 24.5 Å². The summed E-state index contributed by atoms with van der Waals surface area (Å²) in [6, 6.07) is 7.96. The van der Waals surface area contributed by atoms with E-state index in [1.165, 1.54) is 37.2 Å². The molecule has 2 fully saturated rings. The fourth-order valence-corrected chi connectivity index (χ4v) is 6.45. The summed E-state index contributed by atoms with van der Waals surface area (Å²) in [5, 5.41) is 31.9. The van der Waals surface area contributed by atoms with Gasteiger partial charge in [-0.3, -0.25) is 28.9 Å². The van der Waals surface area contributed by atoms with Gasteiger partial charge in [-0.15, -0.1) is 0 Å². The van der Waals surface area contributed by atoms with E-state index in [0.29, 0.717) is 16.7 Å². The number of nitrogens with zero attached hydrogens (tertiary/aromatic N) is 1. The quantitative estimate of drug-likeness (QED) is 0.307. The molecule has 0 radical (unpaired) electrons. The number of aliphatic hydroxyl groups is 1. The van der Waals surface area contributed by atoms with Gasteiger partial charge < -0.3 is 21.1 Å². The minimum absolute atomic E-state index is 0.0337. The Hall–Kier alpha value is -4.33. The molecule has 6 atom stereocenters. The second-order valence-corrected chi connectivity index (χ2v) is 10.6. The minimum Gasteiger partial charge on any atom is -0.508 e. The van der Waals surface area contributed by atoms with Gasteiger partial charge in [0.2, 0.25) is 5.91 Å². The van der Waals surface area contributed by atoms with E-state index in [1.807, 2.05) is 0 Å². The van der Waals surface area contributed by atoms with E-state index < -0.39 is 64.4 Å². The fourth-order valence-electron chi connectivity index (χ4n) is 6.45. The van der Waals surface area contributed by atoms with Crippen LogP contribution in [0, 0.1) is 35.5 Å². The molecule has 2 aromatic rings. The van der Waals surface area contributed by atoms with Crippen molar-refractivity contribution in [1.29, 1.82) is 0 Å². The molecule has 39 heavy (non-hydrogen) atoms. The molecule has 5 rings (SSSR count). The SMILES string of the molecule is CN(C)[C@H]1C(=O)C(C(N)=O)C(=O)[C@]2(O)C(=O)C3C(=O)c4c(O)ccc(C#Cc5cccc(O)c5)c4C[C@@H]3C[C@H]12. The highest BCUT2D eigenvalue weighted by atomic mass is 16.3. The van der Waals surface area contributed by atoms with Crippen LogP contribution in [0.2, 0.25) is 0 Å². The minimum atomic E-state index is -2.76. The average molecular weight is 531 g/mol. The third kappa shape index (κ3) is 3.85. The topological polar surface area (TPSA) is 175 Å². The normalized spacial score (nSPS) is 29.7. The number of carbonyl (C=O) groups is 5. The third-order valence-corrected chi connectivity index (χ3v) is 8.13. The monoisotopic (exact) mass is 530 g/mol. The highest BCUT2D eigenvalue weighted by Gasteiger charge is 2.69. The molecule has 2 aromatic carbocycles. The highest BCUT2D eigenvalue weighted by molar-refractivity contribution is 6.32. The Balaban J connectivity index is 1.61. The molecule has 3 aliphatic rings. The van der Waals surface area contributed by atoms with E-state index in [9.17, 15) is 39.3 Å². The van der Waals surface area contributed by atoms with Gasteiger partial charge in [0.05, 0.1) is 17.5 Å². The average Bonchev–Trinajstić information content (AvgIpc) is 2.85. The Morgan fingerprint density at radius 3 is 2.41 bits per heavy atom. The van der Waals surface area contributed by atoms with Crippen LogP contribution in [-0.4, -0.2) is 75.0 Å². The standard InChI is InChI=1S/C29H26N2O8/c1-31(2)23-18-12-15-11-17-14(7-6-13-4-3-5-16(32)10-13)8-9-19(33)21(17)24(34)20(15)26(36)29(18,39)27(37)22(25(23)35)28(30)38/h3-5,8-10,15,18,20,22-23,32-33,39H,11-12H2,1-2H3,(H2,30,38)/t15-,18-,20?,22?,23-,29-/m1/s1. The second kappa shape index (κ2) is 9.15. The maximum absolute atomic E-state index is 13.8. The van der Waals surface area contributed by atoms with Gasteiger partial charge in [0.1, 0.15) is 11.5 Å². The fraction of sp³-hybridized carbons (Fsp3) is 0.345. The number of amides is 1. The maximum atomic E-state index is 13.8. The number of hydrogen-bond donors (Lipinski definition) is 4. The van der Waals surface area contributed by atoms with Crippen LogP contribution in [0.15, 0.2) is 36.4 Å². The van der Waals surface area contributed by atoms with Gasteiger partial charge in [-0.05, 0) is 68.8 Å². The number of ketones is 4. The van der Waals surface area contributed by atoms with Gasteiger partial charge in [-0.2, -0.15) is 0 Å². The predicted molar refractivity (Wildman–Crippen MR) is 135 cm³/mol. The number of rotatable bonds is 2. The summed E-state index contributed by atoms with van der Waals surface area (Å²) >= 11 is 0. The zero-order valence-corrected chi connectivity index (χ0v) is 21.2. The van der Waals surface area contributed by atoms with Crippen molar-refractivity contribution in [3.05, 3.63) is 58.7 Å². The number of benzene rings is 2. The van der Waals surface area contributed by atoms with E-state index in [4.69, 9.17) is 5.73 Å². The first-order valence-electron chi connectivity index (χ1n) is 12.4. The molecule has 0 aromatic heterocycles. The molecule has 2 saturated carbocycles. The number of phenolic OH excluding ortho intramolecular Hbond substituents is 2. The lowest BCUT2D eigenvalue weighted by Gasteiger charge is -2.52. The van der Waals surface area contributed by atoms with Crippen molar-refractivity contribution in [3.63, 3.8) is 0 Å². The number of phenols is 2. The van der Waals surface area contributed by atoms with Crippen LogP contribution in [-0.2, 0) is 25.6 Å². The molecule has 10 nitrogen and oxygen atoms in total. The molecule has 0 heterocycles. The van der Waals surface area contributed by atoms with Crippen LogP contribution in [0.25, 0.3) is 0 Å². The van der Waals surface area contributed by atoms with Crippen LogP contribution >= 0.6 is 0 Å². The summed E-state index contributed by atoms with van der Waals surface area (Å²) in [7, 11) is 3.06. The van der Waals surface area contributed by atoms with Crippen molar-refractivity contribution in [1.82, 2.24) is 4.90 Å². The number of hydrogen-bond acceptors (Lipinski definition) is 9. The molecule has 0 saturated heterocycles. The first-order chi connectivity index (χ1) is 18.4. The van der Waals surface area contributed by atoms with Gasteiger partial charge in [0, 0.05) is 17.0 Å². The summed E-state index contributed by atoms with van der Waals surface area (Å²) in [5.74, 6) is -5.06. The zero-order valence-electron chi connectivity index (χ0n) is 21.2. The van der Waals surface area contributed by atoms with E-state index in [1.54, 1.807) is 18.2 Å². The van der Waals surface area contributed by atoms with Crippen molar-refractivity contribution < 1.29 is 39.3 Å². The third-order valence-electron chi connectivity index (χ3n) is 8.13. The Bertz CT molecular complexity index is 1530. The molecule has 1 amide bonds. The lowest BCUT2D eigenvalue weighted by molar-refractivity contribution is -0.181. The van der Waals surface area contributed by atoms with Gasteiger partial charge in [0.15, 0.2) is 34.7 Å². The molecule has 10 heteroatoms. The summed E-state index contributed by atoms with van der Waals surface area (Å²) in [4.78, 5) is 67.5. The molecule has 0 bridgehead atoms. The molecular formula is C29H26N2O8. The summed E-state index contributed by atoms with van der Waals surface area (Å²) in [6.07, 6.45) is 0.0727. The van der Waals surface area contributed by atoms with E-state index in [0.717, 1.165) is 0 Å². The van der Waals surface area contributed by atoms with Crippen LogP contribution in [0.1, 0.15) is 33.5 Å². The summed E-state index contributed by atoms with van der Waals surface area (Å²) < 4.78 is 0. The number of primary amides is 1. The molecule has 200 valence electrons. The number of Topliss-reactive ketones (excluding diaryl/α,β-unsaturated/α-hetero) is 4. The van der Waals surface area contributed by atoms with Crippen LogP contribution in [0.5, 0.6) is 11.5 Å². The van der Waals surface area contributed by atoms with Gasteiger partial charge >= 0.3 is 0 Å². The smallest absolute Gasteiger partial charge is 0.235 e. The van der Waals surface area contributed by atoms with Crippen LogP contribution < -0.4 is 5.73 Å². The van der Waals surface area contributed by atoms with E-state index in [-0.39, 0.29) is 29.9 Å². The highest BCUT2D eigenvalue weighted by Crippen LogP contribution is 2.50. The first-order valence-corrected chi connectivity index (χ1v) is 12.4. The van der Waals surface area contributed by atoms with Gasteiger partial charge in [-0.25, -0.2) is 0 Å². The maximum Gasteiger partial charge on any atom is 0.235 e. The molecular weight excluding hydrogens is 504 g/mol. The van der Waals surface area contributed by atoms with Crippen molar-refractivity contribution in [2.75, 3.05) is 14.1 Å². The molecule has 0 aliphatic heterocycles. The molecule has 2 unspecified atom stereocenters. The number of aromatic hydroxyl groups is 2. The molecule has 3 aliphatic carbocycles. The Morgan fingerprint density at radius 2 is 1.77 bits per heavy atom. The largest absolute Gasteiger partial charge is 0.508 e. The molecule has 0 spiro atoms. The number of likely N-dealkylation sites (N-methyl/N-ethyl adjacent to an activating group) is 1. The number of fused-ring (bicyclic) bond motifs is 3. The summed E-state index contributed by atoms with van der Waals surface area (Å²) in [5.41, 5.74) is 3.80. The first kappa shape index (κ1) is 26.3. The van der Waals surface area contributed by atoms with Gasteiger partial charge in [-0.1, -0.05) is 17.9 Å². The Kier molecular flexibility index (Phi) is 6.17. The molecule has 5 N–H and O–H groups in total. The second-order valence-electron chi connectivity index (χ2n) is 10.6. The lowest BCUT2D eigenvalue weighted by Crippen LogP contribution is -2.74. The predicted octanol–water partition coefficient (Wildman–Crippen LogP) is -0.0276. The zero-order chi connectivity index (χ0) is 28.4. The number of carbonyl (C=O) groups excluding carboxylic acids is 5. The van der Waals surface area contributed by atoms with E-state index >= 15 is 0 Å². The number of nitrogens with two attached hydrogens (primary N) is 1. The van der Waals surface area contributed by atoms with Crippen LogP contribution in [0.4, 0.5) is 0 Å². The Labute approximate surface area is 223 Å². The van der Waals surface area contributed by atoms with Gasteiger partial charge in [0.25, 0.3) is 0 Å². The van der Waals surface area contributed by atoms with Crippen molar-refractivity contribution in [2.24, 2.45) is 29.4 Å². The van der Waals surface area contributed by atoms with Crippen molar-refractivity contribution in [3.8, 4) is 23.3 Å². The van der Waals surface area contributed by atoms with Crippen molar-refractivity contribution >= 4 is 29.0 Å². The lowest BCUT2D eigenvalue weighted by atomic mass is 9.52. The summed E-state index contributed by atoms with van der Waals surface area (Å²) in [6.45, 7) is 0.